The fourth-order valence-corrected chi connectivity index (χ4v) is 2.80. The lowest BCUT2D eigenvalue weighted by atomic mass is 10.3. The van der Waals surface area contributed by atoms with Crippen molar-refractivity contribution in [3.05, 3.63) is 40.5 Å². The fourth-order valence-electron chi connectivity index (χ4n) is 1.57. The van der Waals surface area contributed by atoms with Crippen molar-refractivity contribution < 1.29 is 5.11 Å². The Bertz CT molecular complexity index is 546. The van der Waals surface area contributed by atoms with Crippen molar-refractivity contribution in [1.82, 2.24) is 9.78 Å². The van der Waals surface area contributed by atoms with Crippen LogP contribution in [0.15, 0.2) is 29.1 Å². The molecular formula is C13H18ClN3OS. The van der Waals surface area contributed by atoms with Gasteiger partial charge in [-0.15, -0.1) is 11.8 Å². The normalized spacial score (nSPS) is 12.9. The van der Waals surface area contributed by atoms with Crippen molar-refractivity contribution in [1.29, 1.82) is 0 Å². The van der Waals surface area contributed by atoms with E-state index in [-0.39, 0.29) is 5.76 Å². The van der Waals surface area contributed by atoms with Crippen molar-refractivity contribution in [2.24, 2.45) is 12.0 Å². The van der Waals surface area contributed by atoms with Crippen molar-refractivity contribution in [3.8, 4) is 0 Å². The Morgan fingerprint density at radius 2 is 2.21 bits per heavy atom. The van der Waals surface area contributed by atoms with E-state index in [0.717, 1.165) is 22.1 Å². The van der Waals surface area contributed by atoms with Crippen molar-refractivity contribution in [2.75, 3.05) is 0 Å². The monoisotopic (exact) mass is 299 g/mol. The lowest BCUT2D eigenvalue weighted by molar-refractivity contribution is 0.434. The highest BCUT2D eigenvalue weighted by Crippen LogP contribution is 2.24. The van der Waals surface area contributed by atoms with E-state index in [1.165, 1.54) is 6.08 Å². The predicted octanol–water partition coefficient (Wildman–Crippen LogP) is 4.01. The molecule has 0 amide bonds. The Morgan fingerprint density at radius 3 is 2.68 bits per heavy atom. The lowest BCUT2D eigenvalue weighted by Gasteiger charge is -2.02. The number of aliphatic hydroxyl groups is 1. The highest BCUT2D eigenvalue weighted by Gasteiger charge is 2.11. The standard InChI is InChI=1S/C13H18ClN3OS/c1-8(6-9(2)18)15-11(4)19-7-12-10(3)16-17(5)13(12)14/h6,18H,2,7H2,1,3-5H3/b8-6-,15-11?. The van der Waals surface area contributed by atoms with E-state index in [2.05, 4.69) is 16.7 Å². The van der Waals surface area contributed by atoms with E-state index in [0.29, 0.717) is 10.9 Å². The highest BCUT2D eigenvalue weighted by atomic mass is 35.5. The van der Waals surface area contributed by atoms with Gasteiger partial charge >= 0.3 is 0 Å². The zero-order valence-electron chi connectivity index (χ0n) is 11.6. The summed E-state index contributed by atoms with van der Waals surface area (Å²) in [6.45, 7) is 9.07. The van der Waals surface area contributed by atoms with Crippen LogP contribution in [0.2, 0.25) is 5.15 Å². The summed E-state index contributed by atoms with van der Waals surface area (Å²) in [5.74, 6) is 0.728. The van der Waals surface area contributed by atoms with Gasteiger partial charge in [0.25, 0.3) is 0 Å². The van der Waals surface area contributed by atoms with Crippen molar-refractivity contribution in [3.63, 3.8) is 0 Å². The Morgan fingerprint density at radius 1 is 1.58 bits per heavy atom. The summed E-state index contributed by atoms with van der Waals surface area (Å²) < 4.78 is 1.67. The minimum atomic E-state index is 0.00481. The average Bonchev–Trinajstić information content (AvgIpc) is 2.49. The SMILES string of the molecule is C=C(O)/C=C(/C)N=C(C)SCc1c(C)nn(C)c1Cl. The summed E-state index contributed by atoms with van der Waals surface area (Å²) in [7, 11) is 1.82. The van der Waals surface area contributed by atoms with E-state index in [1.807, 2.05) is 27.8 Å². The number of aryl methyl sites for hydroxylation is 2. The van der Waals surface area contributed by atoms with Crippen LogP contribution in [0.5, 0.6) is 0 Å². The Labute approximate surface area is 122 Å². The van der Waals surface area contributed by atoms with Gasteiger partial charge in [-0.1, -0.05) is 18.2 Å². The number of aromatic nitrogens is 2. The third kappa shape index (κ3) is 4.76. The molecule has 0 fully saturated rings. The smallest absolute Gasteiger partial charge is 0.131 e. The van der Waals surface area contributed by atoms with Gasteiger partial charge < -0.3 is 5.11 Å². The minimum absolute atomic E-state index is 0.00481. The molecule has 6 heteroatoms. The number of hydrogen-bond acceptors (Lipinski definition) is 4. The summed E-state index contributed by atoms with van der Waals surface area (Å²) in [6, 6.07) is 0. The number of rotatable bonds is 4. The molecular weight excluding hydrogens is 282 g/mol. The summed E-state index contributed by atoms with van der Waals surface area (Å²) in [5, 5.41) is 14.9. The van der Waals surface area contributed by atoms with E-state index in [9.17, 15) is 0 Å². The van der Waals surface area contributed by atoms with Gasteiger partial charge in [0, 0.05) is 30.1 Å². The largest absolute Gasteiger partial charge is 0.509 e. The molecule has 1 rings (SSSR count). The van der Waals surface area contributed by atoms with Crippen molar-refractivity contribution in [2.45, 2.75) is 26.5 Å². The summed E-state index contributed by atoms with van der Waals surface area (Å²) in [4.78, 5) is 4.35. The molecule has 19 heavy (non-hydrogen) atoms. The van der Waals surface area contributed by atoms with Gasteiger partial charge in [0.15, 0.2) is 0 Å². The summed E-state index contributed by atoms with van der Waals surface area (Å²) in [6.07, 6.45) is 1.52. The van der Waals surface area contributed by atoms with E-state index >= 15 is 0 Å². The molecule has 0 aliphatic heterocycles. The van der Waals surface area contributed by atoms with Crippen LogP contribution < -0.4 is 0 Å². The molecule has 0 bridgehead atoms. The number of halogens is 1. The maximum absolute atomic E-state index is 9.04. The van der Waals surface area contributed by atoms with Gasteiger partial charge in [-0.2, -0.15) is 5.10 Å². The molecule has 1 aromatic rings. The maximum atomic E-state index is 9.04. The molecule has 1 N–H and O–H groups in total. The predicted molar refractivity (Wildman–Crippen MR) is 82.9 cm³/mol. The van der Waals surface area contributed by atoms with Crippen molar-refractivity contribution >= 4 is 28.4 Å². The first-order valence-corrected chi connectivity index (χ1v) is 7.10. The van der Waals surface area contributed by atoms with Crippen LogP contribution in [0, 0.1) is 6.92 Å². The molecule has 1 aromatic heterocycles. The number of aliphatic imine (C=N–C) groups is 1. The second-order valence-corrected chi connectivity index (χ2v) is 5.70. The number of allylic oxidation sites excluding steroid dienone is 2. The second kappa shape index (κ2) is 6.82. The molecule has 104 valence electrons. The van der Waals surface area contributed by atoms with E-state index < -0.39 is 0 Å². The molecule has 0 saturated carbocycles. The van der Waals surface area contributed by atoms with Crippen LogP contribution in [0.25, 0.3) is 0 Å². The Balaban J connectivity index is 2.71. The lowest BCUT2D eigenvalue weighted by Crippen LogP contribution is -1.91. The molecule has 0 spiro atoms. The summed E-state index contributed by atoms with van der Waals surface area (Å²) in [5.41, 5.74) is 2.67. The van der Waals surface area contributed by atoms with Gasteiger partial charge in [0.05, 0.1) is 10.7 Å². The minimum Gasteiger partial charge on any atom is -0.509 e. The molecule has 0 saturated heterocycles. The first kappa shape index (κ1) is 15.9. The Kier molecular flexibility index (Phi) is 5.69. The maximum Gasteiger partial charge on any atom is 0.131 e. The third-order valence-electron chi connectivity index (χ3n) is 2.40. The van der Waals surface area contributed by atoms with Gasteiger partial charge in [0.2, 0.25) is 0 Å². The molecule has 0 aliphatic carbocycles. The van der Waals surface area contributed by atoms with Crippen LogP contribution in [0.4, 0.5) is 0 Å². The van der Waals surface area contributed by atoms with Gasteiger partial charge in [-0.3, -0.25) is 9.67 Å². The van der Waals surface area contributed by atoms with Gasteiger partial charge in [0.1, 0.15) is 10.9 Å². The van der Waals surface area contributed by atoms with E-state index in [4.69, 9.17) is 16.7 Å². The second-order valence-electron chi connectivity index (χ2n) is 4.17. The van der Waals surface area contributed by atoms with Gasteiger partial charge in [-0.05, 0) is 20.8 Å². The molecule has 0 unspecified atom stereocenters. The average molecular weight is 300 g/mol. The number of nitrogens with zero attached hydrogens (tertiary/aromatic N) is 3. The fraction of sp³-hybridized carbons (Fsp3) is 0.385. The third-order valence-corrected chi connectivity index (χ3v) is 3.82. The molecule has 0 radical (unpaired) electrons. The molecule has 4 nitrogen and oxygen atoms in total. The van der Waals surface area contributed by atoms with Crippen LogP contribution in [0.1, 0.15) is 25.1 Å². The molecule has 0 atom stereocenters. The topological polar surface area (TPSA) is 50.4 Å². The number of hydrogen-bond donors (Lipinski definition) is 1. The van der Waals surface area contributed by atoms with E-state index in [1.54, 1.807) is 16.4 Å². The Hall–Kier alpha value is -1.20. The van der Waals surface area contributed by atoms with Crippen LogP contribution in [-0.4, -0.2) is 19.9 Å². The zero-order valence-corrected chi connectivity index (χ0v) is 13.1. The summed E-state index contributed by atoms with van der Waals surface area (Å²) >= 11 is 7.75. The van der Waals surface area contributed by atoms with Gasteiger partial charge in [-0.25, -0.2) is 0 Å². The quantitative estimate of drug-likeness (QED) is 0.395. The first-order valence-electron chi connectivity index (χ1n) is 5.73. The van der Waals surface area contributed by atoms with Crippen LogP contribution in [0.3, 0.4) is 0 Å². The zero-order chi connectivity index (χ0) is 14.6. The van der Waals surface area contributed by atoms with Crippen LogP contribution >= 0.6 is 23.4 Å². The number of thioether (sulfide) groups is 1. The first-order chi connectivity index (χ1) is 8.81. The highest BCUT2D eigenvalue weighted by molar-refractivity contribution is 8.13. The molecule has 0 aliphatic rings. The molecule has 1 heterocycles. The molecule has 0 aromatic carbocycles. The number of aliphatic hydroxyl groups excluding tert-OH is 1. The van der Waals surface area contributed by atoms with Crippen LogP contribution in [-0.2, 0) is 12.8 Å².